The van der Waals surface area contributed by atoms with Crippen LogP contribution >= 0.6 is 11.6 Å². The lowest BCUT2D eigenvalue weighted by atomic mass is 9.97. The van der Waals surface area contributed by atoms with Crippen LogP contribution in [0.5, 0.6) is 5.88 Å². The SMILES string of the molecule is COc1ncccc1C(=O)N1CCC[C@@H](c2ncc(Cc3ccccc3Cl)o2)C1. The van der Waals surface area contributed by atoms with Gasteiger partial charge >= 0.3 is 0 Å². The minimum Gasteiger partial charge on any atom is -0.480 e. The minimum absolute atomic E-state index is 0.0651. The number of benzene rings is 1. The molecule has 1 aliphatic rings. The van der Waals surface area contributed by atoms with E-state index in [1.54, 1.807) is 24.5 Å². The van der Waals surface area contributed by atoms with Crippen LogP contribution in [0.15, 0.2) is 53.2 Å². The van der Waals surface area contributed by atoms with Crippen LogP contribution in [0, 0.1) is 0 Å². The molecule has 3 heterocycles. The predicted molar refractivity (Wildman–Crippen MR) is 109 cm³/mol. The van der Waals surface area contributed by atoms with Crippen molar-refractivity contribution >= 4 is 17.5 Å². The van der Waals surface area contributed by atoms with Crippen molar-refractivity contribution in [1.82, 2.24) is 14.9 Å². The zero-order chi connectivity index (χ0) is 20.2. The molecule has 1 amide bonds. The second-order valence-corrected chi connectivity index (χ2v) is 7.49. The van der Waals surface area contributed by atoms with Gasteiger partial charge in [-0.25, -0.2) is 9.97 Å². The van der Waals surface area contributed by atoms with Gasteiger partial charge in [-0.3, -0.25) is 4.79 Å². The molecule has 4 rings (SSSR count). The summed E-state index contributed by atoms with van der Waals surface area (Å²) in [6.07, 6.45) is 5.78. The maximum Gasteiger partial charge on any atom is 0.259 e. The van der Waals surface area contributed by atoms with E-state index in [1.807, 2.05) is 29.2 Å². The van der Waals surface area contributed by atoms with Gasteiger partial charge in [0.25, 0.3) is 5.91 Å². The number of oxazole rings is 1. The monoisotopic (exact) mass is 411 g/mol. The van der Waals surface area contributed by atoms with Gasteiger partial charge in [-0.2, -0.15) is 0 Å². The van der Waals surface area contributed by atoms with Gasteiger partial charge < -0.3 is 14.1 Å². The first-order chi connectivity index (χ1) is 14.2. The number of aromatic nitrogens is 2. The summed E-state index contributed by atoms with van der Waals surface area (Å²) in [6, 6.07) is 11.2. The van der Waals surface area contributed by atoms with Crippen LogP contribution in [0.1, 0.15) is 46.3 Å². The lowest BCUT2D eigenvalue weighted by Crippen LogP contribution is -2.39. The Labute approximate surface area is 174 Å². The summed E-state index contributed by atoms with van der Waals surface area (Å²) in [5, 5.41) is 0.713. The molecule has 1 atom stereocenters. The Morgan fingerprint density at radius 3 is 2.97 bits per heavy atom. The number of hydrogen-bond donors (Lipinski definition) is 0. The number of nitrogens with zero attached hydrogens (tertiary/aromatic N) is 3. The summed E-state index contributed by atoms with van der Waals surface area (Å²) >= 11 is 6.24. The molecule has 29 heavy (non-hydrogen) atoms. The Balaban J connectivity index is 1.47. The lowest BCUT2D eigenvalue weighted by molar-refractivity contribution is 0.0693. The molecule has 1 aliphatic heterocycles. The molecule has 0 saturated carbocycles. The van der Waals surface area contributed by atoms with E-state index in [0.29, 0.717) is 41.9 Å². The summed E-state index contributed by atoms with van der Waals surface area (Å²) in [5.74, 6) is 1.77. The van der Waals surface area contributed by atoms with Gasteiger partial charge in [-0.05, 0) is 36.6 Å². The molecule has 0 spiro atoms. The summed E-state index contributed by atoms with van der Waals surface area (Å²) in [4.78, 5) is 23.4. The fraction of sp³-hybridized carbons (Fsp3) is 0.318. The van der Waals surface area contributed by atoms with E-state index < -0.39 is 0 Å². The smallest absolute Gasteiger partial charge is 0.259 e. The standard InChI is InChI=1S/C22H22ClN3O3/c1-28-21-18(8-4-10-24-21)22(27)26-11-5-7-16(14-26)20-25-13-17(29-20)12-15-6-2-3-9-19(15)23/h2-4,6,8-10,13,16H,5,7,11-12,14H2,1H3/t16-/m1/s1. The number of carbonyl (C=O) groups is 1. The van der Waals surface area contributed by atoms with Gasteiger partial charge in [0.05, 0.1) is 19.2 Å². The number of ether oxygens (including phenoxy) is 1. The Morgan fingerprint density at radius 1 is 1.28 bits per heavy atom. The summed E-state index contributed by atoms with van der Waals surface area (Å²) < 4.78 is 11.3. The van der Waals surface area contributed by atoms with Crippen molar-refractivity contribution in [3.63, 3.8) is 0 Å². The zero-order valence-electron chi connectivity index (χ0n) is 16.2. The number of likely N-dealkylation sites (tertiary alicyclic amines) is 1. The highest BCUT2D eigenvalue weighted by Gasteiger charge is 2.29. The van der Waals surface area contributed by atoms with Crippen molar-refractivity contribution in [2.75, 3.05) is 20.2 Å². The van der Waals surface area contributed by atoms with Gasteiger partial charge in [-0.1, -0.05) is 29.8 Å². The summed E-state index contributed by atoms with van der Waals surface area (Å²) in [5.41, 5.74) is 1.48. The molecule has 6 nitrogen and oxygen atoms in total. The molecule has 0 N–H and O–H groups in total. The van der Waals surface area contributed by atoms with E-state index in [2.05, 4.69) is 9.97 Å². The molecular weight excluding hydrogens is 390 g/mol. The van der Waals surface area contributed by atoms with E-state index in [9.17, 15) is 4.79 Å². The molecule has 1 fully saturated rings. The third kappa shape index (κ3) is 4.27. The highest BCUT2D eigenvalue weighted by Crippen LogP contribution is 2.29. The van der Waals surface area contributed by atoms with Crippen LogP contribution < -0.4 is 4.74 Å². The van der Waals surface area contributed by atoms with Crippen LogP contribution in [0.3, 0.4) is 0 Å². The molecule has 150 valence electrons. The van der Waals surface area contributed by atoms with Crippen LogP contribution in [-0.4, -0.2) is 41.0 Å². The minimum atomic E-state index is -0.0810. The first-order valence-corrected chi connectivity index (χ1v) is 10.00. The van der Waals surface area contributed by atoms with E-state index in [1.165, 1.54) is 7.11 Å². The van der Waals surface area contributed by atoms with Gasteiger partial charge in [0.2, 0.25) is 5.88 Å². The van der Waals surface area contributed by atoms with E-state index in [0.717, 1.165) is 24.2 Å². The average molecular weight is 412 g/mol. The van der Waals surface area contributed by atoms with Crippen LogP contribution in [0.25, 0.3) is 0 Å². The van der Waals surface area contributed by atoms with Crippen LogP contribution in [0.2, 0.25) is 5.02 Å². The molecule has 3 aromatic rings. The van der Waals surface area contributed by atoms with Gasteiger partial charge in [0.1, 0.15) is 11.3 Å². The molecule has 0 aliphatic carbocycles. The van der Waals surface area contributed by atoms with Crippen molar-refractivity contribution in [2.45, 2.75) is 25.2 Å². The van der Waals surface area contributed by atoms with Gasteiger partial charge in [0, 0.05) is 30.7 Å². The number of hydrogen-bond acceptors (Lipinski definition) is 5. The largest absolute Gasteiger partial charge is 0.480 e. The second kappa shape index (κ2) is 8.66. The Hall–Kier alpha value is -2.86. The number of pyridine rings is 1. The molecule has 1 aromatic carbocycles. The van der Waals surface area contributed by atoms with Crippen LogP contribution in [-0.2, 0) is 6.42 Å². The third-order valence-corrected chi connectivity index (χ3v) is 5.52. The molecule has 0 radical (unpaired) electrons. The van der Waals surface area contributed by atoms with Gasteiger partial charge in [0.15, 0.2) is 5.89 Å². The Bertz CT molecular complexity index is 1000. The molecule has 7 heteroatoms. The maximum atomic E-state index is 13.0. The fourth-order valence-electron chi connectivity index (χ4n) is 3.67. The van der Waals surface area contributed by atoms with Crippen molar-refractivity contribution < 1.29 is 13.9 Å². The quantitative estimate of drug-likeness (QED) is 0.624. The van der Waals surface area contributed by atoms with E-state index >= 15 is 0 Å². The number of halogens is 1. The van der Waals surface area contributed by atoms with Crippen LogP contribution in [0.4, 0.5) is 0 Å². The third-order valence-electron chi connectivity index (χ3n) is 5.15. The number of methoxy groups -OCH3 is 1. The Kier molecular flexibility index (Phi) is 5.81. The molecular formula is C22H22ClN3O3. The normalized spacial score (nSPS) is 16.6. The topological polar surface area (TPSA) is 68.5 Å². The molecule has 0 bridgehead atoms. The maximum absolute atomic E-state index is 13.0. The van der Waals surface area contributed by atoms with Crippen molar-refractivity contribution in [1.29, 1.82) is 0 Å². The highest BCUT2D eigenvalue weighted by atomic mass is 35.5. The number of rotatable bonds is 5. The Morgan fingerprint density at radius 2 is 2.14 bits per heavy atom. The number of amides is 1. The van der Waals surface area contributed by atoms with Crippen molar-refractivity contribution in [3.05, 3.63) is 76.6 Å². The predicted octanol–water partition coefficient (Wildman–Crippen LogP) is 4.34. The van der Waals surface area contributed by atoms with Crippen molar-refractivity contribution in [2.24, 2.45) is 0 Å². The summed E-state index contributed by atoms with van der Waals surface area (Å²) in [7, 11) is 1.52. The fourth-order valence-corrected chi connectivity index (χ4v) is 3.87. The first-order valence-electron chi connectivity index (χ1n) is 9.62. The van der Waals surface area contributed by atoms with Gasteiger partial charge in [-0.15, -0.1) is 0 Å². The van der Waals surface area contributed by atoms with E-state index in [4.69, 9.17) is 20.8 Å². The number of piperidine rings is 1. The molecule has 0 unspecified atom stereocenters. The average Bonchev–Trinajstić information content (AvgIpc) is 3.23. The van der Waals surface area contributed by atoms with Crippen molar-refractivity contribution in [3.8, 4) is 5.88 Å². The number of carbonyl (C=O) groups excluding carboxylic acids is 1. The zero-order valence-corrected chi connectivity index (χ0v) is 16.9. The first kappa shape index (κ1) is 19.5. The second-order valence-electron chi connectivity index (χ2n) is 7.08. The summed E-state index contributed by atoms with van der Waals surface area (Å²) in [6.45, 7) is 1.25. The molecule has 1 saturated heterocycles. The van der Waals surface area contributed by atoms with E-state index in [-0.39, 0.29) is 11.8 Å². The lowest BCUT2D eigenvalue weighted by Gasteiger charge is -2.31. The highest BCUT2D eigenvalue weighted by molar-refractivity contribution is 6.31. The molecule has 2 aromatic heterocycles.